The van der Waals surface area contributed by atoms with Crippen LogP contribution in [0.1, 0.15) is 83.0 Å². The number of fused-ring (bicyclic) bond motifs is 2. The quantitative estimate of drug-likeness (QED) is 0.0903. The highest BCUT2D eigenvalue weighted by Gasteiger charge is 2.21. The zero-order chi connectivity index (χ0) is 50.7. The van der Waals surface area contributed by atoms with Crippen molar-refractivity contribution < 1.29 is 9.59 Å². The monoisotopic (exact) mass is 1010 g/mol. The zero-order valence-electron chi connectivity index (χ0n) is 42.3. The normalized spacial score (nSPS) is 11.6. The molecule has 71 heavy (non-hydrogen) atoms. The summed E-state index contributed by atoms with van der Waals surface area (Å²) in [6.07, 6.45) is 6.07. The van der Waals surface area contributed by atoms with Crippen molar-refractivity contribution in [2.24, 2.45) is 0 Å². The molecule has 2 atom stereocenters. The molecular formula is C67H66BrO2P. The van der Waals surface area contributed by atoms with Crippen LogP contribution >= 0.6 is 23.9 Å². The number of hydrogen-bond acceptors (Lipinski definition) is 2. The molecule has 0 aliphatic carbocycles. The molecule has 2 nitrogen and oxygen atoms in total. The second kappa shape index (κ2) is 27.0. The van der Waals surface area contributed by atoms with E-state index < -0.39 is 7.92 Å². The van der Waals surface area contributed by atoms with Crippen molar-refractivity contribution in [1.29, 1.82) is 0 Å². The van der Waals surface area contributed by atoms with Gasteiger partial charge < -0.3 is 0 Å². The molecule has 0 bridgehead atoms. The Kier molecular flexibility index (Phi) is 20.4. The lowest BCUT2D eigenvalue weighted by atomic mass is 9.91. The third-order valence-corrected chi connectivity index (χ3v) is 15.9. The fourth-order valence-electron chi connectivity index (χ4n) is 8.74. The van der Waals surface area contributed by atoms with Crippen molar-refractivity contribution in [3.63, 3.8) is 0 Å². The summed E-state index contributed by atoms with van der Waals surface area (Å²) in [5.41, 5.74) is 10.2. The Bertz CT molecular complexity index is 3100. The molecule has 9 aromatic carbocycles. The van der Waals surface area contributed by atoms with Gasteiger partial charge in [-0.2, -0.15) is 0 Å². The molecular weight excluding hydrogens is 948 g/mol. The number of benzene rings is 9. The van der Waals surface area contributed by atoms with E-state index in [1.54, 1.807) is 6.08 Å². The number of hydrogen-bond donors (Lipinski definition) is 0. The van der Waals surface area contributed by atoms with E-state index in [9.17, 15) is 9.59 Å². The summed E-state index contributed by atoms with van der Waals surface area (Å²) in [6, 6.07) is 72.0. The van der Waals surface area contributed by atoms with Crippen molar-refractivity contribution in [3.05, 3.63) is 274 Å². The van der Waals surface area contributed by atoms with Gasteiger partial charge in [-0.3, -0.25) is 9.59 Å². The Morgan fingerprint density at radius 2 is 0.873 bits per heavy atom. The molecule has 0 saturated heterocycles. The molecule has 9 aromatic rings. The summed E-state index contributed by atoms with van der Waals surface area (Å²) >= 11 is 3.36. The van der Waals surface area contributed by atoms with Gasteiger partial charge in [-0.1, -0.05) is 248 Å². The minimum absolute atomic E-state index is 0.102. The summed E-state index contributed by atoms with van der Waals surface area (Å²) in [6.45, 7) is 18.5. The highest BCUT2D eigenvalue weighted by Crippen LogP contribution is 2.36. The van der Waals surface area contributed by atoms with Crippen LogP contribution in [-0.4, -0.2) is 11.6 Å². The van der Waals surface area contributed by atoms with E-state index in [2.05, 4.69) is 229 Å². The van der Waals surface area contributed by atoms with Crippen molar-refractivity contribution in [2.45, 2.75) is 73.1 Å². The Balaban J connectivity index is 0.000000163. The van der Waals surface area contributed by atoms with Gasteiger partial charge >= 0.3 is 0 Å². The smallest absolute Gasteiger partial charge is 0.156 e. The van der Waals surface area contributed by atoms with Crippen molar-refractivity contribution in [3.8, 4) is 0 Å². The summed E-state index contributed by atoms with van der Waals surface area (Å²) in [5.74, 6) is 0.694. The molecule has 0 N–H and O–H groups in total. The maximum atomic E-state index is 12.3. The number of ketones is 2. The van der Waals surface area contributed by atoms with E-state index in [4.69, 9.17) is 0 Å². The van der Waals surface area contributed by atoms with E-state index in [1.165, 1.54) is 82.5 Å². The molecule has 0 spiro atoms. The second-order valence-corrected chi connectivity index (χ2v) is 21.3. The van der Waals surface area contributed by atoms with E-state index in [0.29, 0.717) is 12.8 Å². The number of aryl methyl sites for hydroxylation is 5. The maximum Gasteiger partial charge on any atom is 0.156 e. The van der Waals surface area contributed by atoms with Gasteiger partial charge in [0.1, 0.15) is 0 Å². The zero-order valence-corrected chi connectivity index (χ0v) is 44.8. The number of carbonyl (C=O) groups excluding carboxylic acids is 2. The van der Waals surface area contributed by atoms with Crippen LogP contribution in [-0.2, 0) is 9.59 Å². The van der Waals surface area contributed by atoms with Gasteiger partial charge in [0.2, 0.25) is 0 Å². The van der Waals surface area contributed by atoms with Crippen LogP contribution in [0.5, 0.6) is 0 Å². The van der Waals surface area contributed by atoms with Crippen LogP contribution in [0.15, 0.2) is 229 Å². The molecule has 9 rings (SSSR count). The molecule has 358 valence electrons. The van der Waals surface area contributed by atoms with Crippen LogP contribution in [0, 0.1) is 34.6 Å². The maximum absolute atomic E-state index is 12.3. The first kappa shape index (κ1) is 53.6. The van der Waals surface area contributed by atoms with E-state index in [-0.39, 0.29) is 23.4 Å². The third kappa shape index (κ3) is 15.6. The number of carbonyl (C=O) groups is 2. The van der Waals surface area contributed by atoms with Crippen LogP contribution in [0.3, 0.4) is 0 Å². The van der Waals surface area contributed by atoms with Crippen molar-refractivity contribution in [1.82, 2.24) is 0 Å². The molecule has 0 fully saturated rings. The topological polar surface area (TPSA) is 34.1 Å². The van der Waals surface area contributed by atoms with E-state index in [0.717, 1.165) is 10.0 Å². The molecule has 0 radical (unpaired) electrons. The van der Waals surface area contributed by atoms with Crippen LogP contribution < -0.4 is 15.9 Å². The van der Waals surface area contributed by atoms with Crippen LogP contribution in [0.4, 0.5) is 0 Å². The molecule has 0 unspecified atom stereocenters. The molecule has 0 saturated carbocycles. The Hall–Kier alpha value is -6.77. The van der Waals surface area contributed by atoms with Gasteiger partial charge in [0, 0.05) is 17.3 Å². The Morgan fingerprint density at radius 1 is 0.479 bits per heavy atom. The predicted octanol–water partition coefficient (Wildman–Crippen LogP) is 17.1. The van der Waals surface area contributed by atoms with Gasteiger partial charge in [0.15, 0.2) is 11.6 Å². The first-order chi connectivity index (χ1) is 34.3. The number of allylic oxidation sites excluding steroid dienone is 2. The van der Waals surface area contributed by atoms with Crippen molar-refractivity contribution >= 4 is 79.0 Å². The SMILES string of the molecule is C=CC(=O)C[C@H](C)c1cccc2ccccc12.Cc1cccc(/C=C/C(=O)C[C@H](C)c2cccc3ccccc23)c1.Cc1cccc(Br)c1.Cc1ccccc1P(c1ccccc1C)c1ccccc1C. The average Bonchev–Trinajstić information content (AvgIpc) is 3.37. The molecule has 0 amide bonds. The first-order valence-corrected chi connectivity index (χ1v) is 26.5. The largest absolute Gasteiger partial charge is 0.295 e. The first-order valence-electron chi connectivity index (χ1n) is 24.4. The standard InChI is InChI=1S/C23H22O.C21H21P.C16H16O.C7H7Br/c1-17-7-5-8-19(15-17)13-14-21(24)16-18(2)22-12-6-10-20-9-3-4-11-23(20)22;1-16-10-4-7-13-19(16)22(20-14-8-5-11-17(20)2)21-15-9-6-12-18(21)3;1-3-14(17)11-12(2)15-10-6-8-13-7-4-5-9-16(13)15;1-6-3-2-4-7(8)5-6/h3-15,18H,16H2,1-2H3;4-15H,1-3H3;3-10,12H,1,11H2,2H3;2-5H,1H3/b14-13+;;;/t18-;;12-;/m0.0./s1. The van der Waals surface area contributed by atoms with E-state index in [1.807, 2.05) is 54.6 Å². The van der Waals surface area contributed by atoms with Crippen molar-refractivity contribution in [2.75, 3.05) is 0 Å². The summed E-state index contributed by atoms with van der Waals surface area (Å²) in [4.78, 5) is 23.7. The summed E-state index contributed by atoms with van der Waals surface area (Å²) in [7, 11) is -0.508. The second-order valence-electron chi connectivity index (χ2n) is 18.2. The lowest BCUT2D eigenvalue weighted by Gasteiger charge is -2.24. The highest BCUT2D eigenvalue weighted by molar-refractivity contribution is 9.10. The van der Waals surface area contributed by atoms with Gasteiger partial charge in [0.05, 0.1) is 0 Å². The number of rotatable bonds is 12. The highest BCUT2D eigenvalue weighted by atomic mass is 79.9. The minimum atomic E-state index is -0.508. The lowest BCUT2D eigenvalue weighted by Crippen LogP contribution is -2.25. The van der Waals surface area contributed by atoms with Gasteiger partial charge in [-0.05, 0) is 150 Å². The fourth-order valence-corrected chi connectivity index (χ4v) is 12.0. The fraction of sp³-hybridized carbons (Fsp3) is 0.164. The van der Waals surface area contributed by atoms with Crippen LogP contribution in [0.25, 0.3) is 27.6 Å². The lowest BCUT2D eigenvalue weighted by molar-refractivity contribution is -0.115. The van der Waals surface area contributed by atoms with Gasteiger partial charge in [-0.15, -0.1) is 0 Å². The Labute approximate surface area is 433 Å². The average molecular weight is 1010 g/mol. The van der Waals surface area contributed by atoms with Gasteiger partial charge in [0.25, 0.3) is 0 Å². The minimum Gasteiger partial charge on any atom is -0.295 e. The summed E-state index contributed by atoms with van der Waals surface area (Å²) < 4.78 is 1.15. The van der Waals surface area contributed by atoms with Crippen LogP contribution in [0.2, 0.25) is 0 Å². The summed E-state index contributed by atoms with van der Waals surface area (Å²) in [5, 5.41) is 9.30. The molecule has 0 heterocycles. The Morgan fingerprint density at radius 3 is 1.30 bits per heavy atom. The molecule has 0 aliphatic heterocycles. The van der Waals surface area contributed by atoms with E-state index >= 15 is 0 Å². The molecule has 4 heteroatoms. The predicted molar refractivity (Wildman–Crippen MR) is 313 cm³/mol. The van der Waals surface area contributed by atoms with Gasteiger partial charge in [-0.25, -0.2) is 0 Å². The molecule has 0 aromatic heterocycles. The number of halogens is 1. The third-order valence-electron chi connectivity index (χ3n) is 12.5. The molecule has 0 aliphatic rings.